The van der Waals surface area contributed by atoms with Crippen molar-refractivity contribution in [2.45, 2.75) is 0 Å². The van der Waals surface area contributed by atoms with Gasteiger partial charge >= 0.3 is 0 Å². The Labute approximate surface area is 383 Å². The van der Waals surface area contributed by atoms with E-state index in [1.54, 1.807) is 0 Å². The molecule has 10 aromatic carbocycles. The molecule has 0 aliphatic rings. The smallest absolute Gasteiger partial charge is 0.135 e. The van der Waals surface area contributed by atoms with Crippen molar-refractivity contribution >= 4 is 90.2 Å². The topological polar surface area (TPSA) is 32.8 Å². The minimum Gasteiger partial charge on any atom is -0.456 e. The lowest BCUT2D eigenvalue weighted by Crippen LogP contribution is -2.09. The van der Waals surface area contributed by atoms with Crippen molar-refractivity contribution in [1.29, 1.82) is 0 Å². The fourth-order valence-electron chi connectivity index (χ4n) is 9.14. The van der Waals surface area contributed by atoms with Crippen molar-refractivity contribution in [3.63, 3.8) is 0 Å². The van der Waals surface area contributed by atoms with Crippen molar-refractivity contribution in [2.75, 3.05) is 9.80 Å². The summed E-state index contributed by atoms with van der Waals surface area (Å²) in [7, 11) is 0. The molecule has 0 saturated carbocycles. The van der Waals surface area contributed by atoms with Gasteiger partial charge in [0.15, 0.2) is 0 Å². The Morgan fingerprint density at radius 3 is 0.924 bits per heavy atom. The van der Waals surface area contributed by atoms with Crippen LogP contribution in [-0.4, -0.2) is 0 Å². The molecule has 312 valence electrons. The molecule has 0 amide bonds. The van der Waals surface area contributed by atoms with Crippen LogP contribution in [-0.2, 0) is 0 Å². The van der Waals surface area contributed by atoms with E-state index in [0.717, 1.165) is 89.1 Å². The van der Waals surface area contributed by atoms with Crippen molar-refractivity contribution in [3.8, 4) is 22.3 Å². The van der Waals surface area contributed by atoms with Gasteiger partial charge in [0.05, 0.1) is 0 Å². The molecule has 0 radical (unpaired) electrons. The molecule has 2 heterocycles. The zero-order valence-corrected chi connectivity index (χ0v) is 36.0. The Bertz CT molecular complexity index is 3420. The van der Waals surface area contributed by atoms with Crippen LogP contribution in [0.5, 0.6) is 0 Å². The molecule has 2 aromatic heterocycles. The van der Waals surface area contributed by atoms with Gasteiger partial charge in [-0.15, -0.1) is 0 Å². The number of hydrogen-bond donors (Lipinski definition) is 0. The minimum absolute atomic E-state index is 0.871. The highest BCUT2D eigenvalue weighted by atomic mass is 16.3. The van der Waals surface area contributed by atoms with Crippen LogP contribution in [0, 0.1) is 0 Å². The van der Waals surface area contributed by atoms with Gasteiger partial charge in [0, 0.05) is 55.7 Å². The number of nitrogens with zero attached hydrogens (tertiary/aromatic N) is 2. The van der Waals surface area contributed by atoms with E-state index in [0.29, 0.717) is 0 Å². The summed E-state index contributed by atoms with van der Waals surface area (Å²) in [5.41, 5.74) is 16.9. The molecular weight excluding hydrogens is 805 g/mol. The maximum atomic E-state index is 6.33. The molecular formula is C62H42N2O2. The van der Waals surface area contributed by atoms with Gasteiger partial charge in [0.2, 0.25) is 0 Å². The summed E-state index contributed by atoms with van der Waals surface area (Å²) in [4.78, 5) is 4.61. The number of furan rings is 2. The molecule has 12 aromatic rings. The lowest BCUT2D eigenvalue weighted by Gasteiger charge is -2.25. The van der Waals surface area contributed by atoms with Gasteiger partial charge < -0.3 is 18.6 Å². The van der Waals surface area contributed by atoms with Crippen LogP contribution in [0.3, 0.4) is 0 Å². The summed E-state index contributed by atoms with van der Waals surface area (Å²) in [6, 6.07) is 85.5. The second-order valence-corrected chi connectivity index (χ2v) is 16.6. The normalized spacial score (nSPS) is 11.6. The summed E-state index contributed by atoms with van der Waals surface area (Å²) in [6.45, 7) is 0. The molecule has 0 aliphatic carbocycles. The van der Waals surface area contributed by atoms with Gasteiger partial charge in [-0.2, -0.15) is 0 Å². The van der Waals surface area contributed by atoms with Gasteiger partial charge in [-0.1, -0.05) is 146 Å². The third-order valence-corrected chi connectivity index (χ3v) is 12.4. The van der Waals surface area contributed by atoms with E-state index in [4.69, 9.17) is 8.83 Å². The molecule has 0 fully saturated rings. The molecule has 0 aliphatic heterocycles. The first-order valence-corrected chi connectivity index (χ1v) is 22.3. The number of benzene rings is 10. The second kappa shape index (κ2) is 16.7. The SMILES string of the molecule is C(=Cc1ccc(N(c2ccccc2)c2ccc3oc4ccc(-c5ccccc5)cc4c3c2)cc1)c1ccc(N(c2ccccc2)c2ccc3oc4ccc(-c5ccccc5)cc4c3c2)cc1. The summed E-state index contributed by atoms with van der Waals surface area (Å²) >= 11 is 0. The highest BCUT2D eigenvalue weighted by Gasteiger charge is 2.18. The quantitative estimate of drug-likeness (QED) is 0.128. The van der Waals surface area contributed by atoms with Gasteiger partial charge in [-0.05, 0) is 143 Å². The summed E-state index contributed by atoms with van der Waals surface area (Å²) < 4.78 is 12.7. The fraction of sp³-hybridized carbons (Fsp3) is 0. The van der Waals surface area contributed by atoms with E-state index in [-0.39, 0.29) is 0 Å². The molecule has 0 spiro atoms. The van der Waals surface area contributed by atoms with Crippen LogP contribution < -0.4 is 9.80 Å². The summed E-state index contributed by atoms with van der Waals surface area (Å²) in [5.74, 6) is 0. The second-order valence-electron chi connectivity index (χ2n) is 16.6. The molecule has 4 heteroatoms. The largest absolute Gasteiger partial charge is 0.456 e. The lowest BCUT2D eigenvalue weighted by molar-refractivity contribution is 0.668. The Morgan fingerprint density at radius 1 is 0.242 bits per heavy atom. The van der Waals surface area contributed by atoms with Crippen LogP contribution in [0.25, 0.3) is 78.3 Å². The predicted octanol–water partition coefficient (Wildman–Crippen LogP) is 17.9. The first-order chi connectivity index (χ1) is 32.7. The average Bonchev–Trinajstić information content (AvgIpc) is 3.95. The third-order valence-electron chi connectivity index (χ3n) is 12.4. The molecule has 0 N–H and O–H groups in total. The highest BCUT2D eigenvalue weighted by molar-refractivity contribution is 6.09. The van der Waals surface area contributed by atoms with Crippen LogP contribution in [0.15, 0.2) is 251 Å². The van der Waals surface area contributed by atoms with Crippen LogP contribution in [0.4, 0.5) is 34.1 Å². The standard InChI is InChI=1S/C62H42N2O2/c1-5-13-45(14-6-1)47-27-35-59-55(39-47)57-41-53(33-37-61(57)65-59)63(49-17-9-3-10-18-49)51-29-23-43(24-30-51)21-22-44-25-31-52(32-26-44)64(50-19-11-4-12-20-50)54-34-38-62-58(42-54)56-40-48(28-36-60(56)66-62)46-15-7-2-8-16-46/h1-42H. The minimum atomic E-state index is 0.871. The Hall–Kier alpha value is -8.86. The van der Waals surface area contributed by atoms with Crippen LogP contribution >= 0.6 is 0 Å². The zero-order chi connectivity index (χ0) is 43.8. The zero-order valence-electron chi connectivity index (χ0n) is 36.0. The van der Waals surface area contributed by atoms with E-state index in [1.165, 1.54) is 22.3 Å². The fourth-order valence-corrected chi connectivity index (χ4v) is 9.14. The first-order valence-electron chi connectivity index (χ1n) is 22.3. The van der Waals surface area contributed by atoms with Gasteiger partial charge in [-0.3, -0.25) is 0 Å². The number of rotatable bonds is 10. The average molecular weight is 847 g/mol. The number of para-hydroxylation sites is 2. The monoisotopic (exact) mass is 846 g/mol. The number of hydrogen-bond acceptors (Lipinski definition) is 4. The Morgan fingerprint density at radius 2 is 0.545 bits per heavy atom. The molecule has 0 bridgehead atoms. The van der Waals surface area contributed by atoms with Gasteiger partial charge in [0.25, 0.3) is 0 Å². The maximum absolute atomic E-state index is 6.33. The van der Waals surface area contributed by atoms with E-state index >= 15 is 0 Å². The molecule has 66 heavy (non-hydrogen) atoms. The Kier molecular flexibility index (Phi) is 9.81. The van der Waals surface area contributed by atoms with Crippen molar-refractivity contribution < 1.29 is 8.83 Å². The lowest BCUT2D eigenvalue weighted by atomic mass is 10.0. The van der Waals surface area contributed by atoms with E-state index < -0.39 is 0 Å². The van der Waals surface area contributed by atoms with E-state index in [9.17, 15) is 0 Å². The molecule has 0 atom stereocenters. The third kappa shape index (κ3) is 7.36. The van der Waals surface area contributed by atoms with Crippen molar-refractivity contribution in [2.24, 2.45) is 0 Å². The first kappa shape index (κ1) is 38.8. The van der Waals surface area contributed by atoms with Gasteiger partial charge in [-0.25, -0.2) is 0 Å². The molecule has 4 nitrogen and oxygen atoms in total. The predicted molar refractivity (Wildman–Crippen MR) is 277 cm³/mol. The Balaban J connectivity index is 0.831. The maximum Gasteiger partial charge on any atom is 0.135 e. The number of anilines is 6. The van der Waals surface area contributed by atoms with Gasteiger partial charge in [0.1, 0.15) is 22.3 Å². The van der Waals surface area contributed by atoms with E-state index in [2.05, 4.69) is 265 Å². The summed E-state index contributed by atoms with van der Waals surface area (Å²) in [6.07, 6.45) is 4.35. The van der Waals surface area contributed by atoms with Crippen molar-refractivity contribution in [3.05, 3.63) is 254 Å². The highest BCUT2D eigenvalue weighted by Crippen LogP contribution is 2.42. The number of fused-ring (bicyclic) bond motifs is 6. The molecule has 12 rings (SSSR count). The summed E-state index contributed by atoms with van der Waals surface area (Å²) in [5, 5.41) is 4.38. The van der Waals surface area contributed by atoms with E-state index in [1.807, 2.05) is 0 Å². The van der Waals surface area contributed by atoms with Crippen molar-refractivity contribution in [1.82, 2.24) is 0 Å². The van der Waals surface area contributed by atoms with Crippen LogP contribution in [0.1, 0.15) is 11.1 Å². The molecule has 0 unspecified atom stereocenters. The molecule has 0 saturated heterocycles. The van der Waals surface area contributed by atoms with Crippen LogP contribution in [0.2, 0.25) is 0 Å².